The van der Waals surface area contributed by atoms with Crippen LogP contribution >= 0.6 is 0 Å². The predicted molar refractivity (Wildman–Crippen MR) is 78.3 cm³/mol. The molecule has 0 aliphatic rings. The Labute approximate surface area is 136 Å². The van der Waals surface area contributed by atoms with Crippen molar-refractivity contribution in [2.24, 2.45) is 0 Å². The second-order valence-corrected chi connectivity index (χ2v) is 5.00. The summed E-state index contributed by atoms with van der Waals surface area (Å²) < 4.78 is 3.06. The summed E-state index contributed by atoms with van der Waals surface area (Å²) in [4.78, 5) is 19.2. The molecule has 0 aliphatic heterocycles. The van der Waals surface area contributed by atoms with Crippen molar-refractivity contribution in [2.45, 2.75) is 25.9 Å². The van der Waals surface area contributed by atoms with Crippen LogP contribution in [0.5, 0.6) is 0 Å². The fraction of sp³-hybridized carbons (Fsp3) is 0.417. The van der Waals surface area contributed by atoms with Gasteiger partial charge in [-0.3, -0.25) is 9.36 Å². The third kappa shape index (κ3) is 5.09. The van der Waals surface area contributed by atoms with E-state index in [0.29, 0.717) is 26.1 Å². The maximum Gasteiger partial charge on any atom is 0.340 e. The molecule has 12 nitrogen and oxygen atoms in total. The standard InChI is InChI=1S/C12H19N7O5/c20-11(2-1-5-17-7-4-14-12(17)19(23)24)13-3-6-16-8-10(15-9-16)18(21)22/h4,7-9,18-19,21,23H,1-3,5-6H2,(H,13,20). The second-order valence-electron chi connectivity index (χ2n) is 5.00. The first-order chi connectivity index (χ1) is 11.5. The number of carbonyl (C=O) groups excluding carboxylic acids is 1. The van der Waals surface area contributed by atoms with Crippen molar-refractivity contribution in [3.05, 3.63) is 35.3 Å². The fourth-order valence-electron chi connectivity index (χ4n) is 2.10. The molecule has 24 heavy (non-hydrogen) atoms. The van der Waals surface area contributed by atoms with E-state index in [9.17, 15) is 15.2 Å². The first-order valence-electron chi connectivity index (χ1n) is 7.23. The number of rotatable bonds is 9. The third-order valence-corrected chi connectivity index (χ3v) is 3.25. The Morgan fingerprint density at radius 2 is 2.04 bits per heavy atom. The van der Waals surface area contributed by atoms with E-state index < -0.39 is 10.5 Å². The summed E-state index contributed by atoms with van der Waals surface area (Å²) in [5.74, 6) is -0.258. The van der Waals surface area contributed by atoms with E-state index in [1.54, 1.807) is 10.8 Å². The highest BCUT2D eigenvalue weighted by Crippen LogP contribution is 2.02. The lowest BCUT2D eigenvalue weighted by atomic mass is 10.3. The molecule has 132 valence electrons. The molecule has 0 fully saturated rings. The van der Waals surface area contributed by atoms with Crippen LogP contribution in [0.4, 0.5) is 11.8 Å². The maximum atomic E-state index is 11.7. The number of hydrogen-bond acceptors (Lipinski definition) is 7. The van der Waals surface area contributed by atoms with Crippen LogP contribution in [-0.4, -0.2) is 42.0 Å². The molecule has 0 spiro atoms. The average Bonchev–Trinajstić information content (AvgIpc) is 3.16. The number of carbonyl (C=O) groups is 1. The van der Waals surface area contributed by atoms with Gasteiger partial charge in [-0.25, -0.2) is 10.4 Å². The van der Waals surface area contributed by atoms with Gasteiger partial charge in [0.1, 0.15) is 6.33 Å². The summed E-state index contributed by atoms with van der Waals surface area (Å²) in [6, 6.07) is 0. The molecular formula is C12H19N7O5. The minimum Gasteiger partial charge on any atom is -0.594 e. The maximum absolute atomic E-state index is 11.7. The Balaban J connectivity index is 1.65. The van der Waals surface area contributed by atoms with E-state index in [4.69, 9.17) is 10.4 Å². The van der Waals surface area contributed by atoms with Crippen molar-refractivity contribution in [1.29, 1.82) is 0 Å². The van der Waals surface area contributed by atoms with Crippen LogP contribution in [0, 0.1) is 10.4 Å². The molecule has 2 aromatic rings. The van der Waals surface area contributed by atoms with Gasteiger partial charge >= 0.3 is 5.95 Å². The smallest absolute Gasteiger partial charge is 0.340 e. The van der Waals surface area contributed by atoms with E-state index in [-0.39, 0.29) is 24.1 Å². The lowest BCUT2D eigenvalue weighted by Crippen LogP contribution is -3.00. The largest absolute Gasteiger partial charge is 0.594 e. The molecule has 0 saturated heterocycles. The molecule has 0 radical (unpaired) electrons. The number of aryl methyl sites for hydroxylation is 1. The highest BCUT2D eigenvalue weighted by molar-refractivity contribution is 5.75. The van der Waals surface area contributed by atoms with E-state index in [1.807, 2.05) is 0 Å². The number of nitrogens with one attached hydrogen (secondary N) is 3. The number of imidazole rings is 2. The molecule has 2 heterocycles. The Bertz CT molecular complexity index is 654. The minimum atomic E-state index is -1.11. The van der Waals surface area contributed by atoms with Crippen LogP contribution in [0.25, 0.3) is 0 Å². The highest BCUT2D eigenvalue weighted by atomic mass is 16.8. The molecule has 12 heteroatoms. The van der Waals surface area contributed by atoms with E-state index >= 15 is 0 Å². The summed E-state index contributed by atoms with van der Waals surface area (Å²) in [5, 5.41) is 39.8. The van der Waals surface area contributed by atoms with Gasteiger partial charge in [0, 0.05) is 32.3 Å². The first kappa shape index (κ1) is 18.0. The zero-order valence-corrected chi connectivity index (χ0v) is 12.8. The van der Waals surface area contributed by atoms with Gasteiger partial charge in [0.25, 0.3) is 5.82 Å². The van der Waals surface area contributed by atoms with Gasteiger partial charge in [-0.15, -0.1) is 0 Å². The Morgan fingerprint density at radius 1 is 1.25 bits per heavy atom. The second kappa shape index (κ2) is 8.49. The topological polar surface area (TPSA) is 160 Å². The molecule has 0 saturated carbocycles. The Kier molecular flexibility index (Phi) is 6.36. The first-order valence-corrected chi connectivity index (χ1v) is 7.23. The summed E-state index contributed by atoms with van der Waals surface area (Å²) in [7, 11) is 0. The zero-order chi connectivity index (χ0) is 17.5. The van der Waals surface area contributed by atoms with E-state index in [2.05, 4.69) is 15.3 Å². The molecule has 2 atom stereocenters. The zero-order valence-electron chi connectivity index (χ0n) is 12.8. The van der Waals surface area contributed by atoms with Gasteiger partial charge in [0.2, 0.25) is 5.91 Å². The van der Waals surface area contributed by atoms with E-state index in [1.165, 1.54) is 23.3 Å². The monoisotopic (exact) mass is 341 g/mol. The van der Waals surface area contributed by atoms with Gasteiger partial charge in [0.15, 0.2) is 0 Å². The number of quaternary nitrogens is 2. The number of amides is 1. The lowest BCUT2D eigenvalue weighted by molar-refractivity contribution is -0.995. The van der Waals surface area contributed by atoms with Crippen LogP contribution in [0.2, 0.25) is 0 Å². The summed E-state index contributed by atoms with van der Waals surface area (Å²) >= 11 is 0. The molecular weight excluding hydrogens is 322 g/mol. The van der Waals surface area contributed by atoms with Gasteiger partial charge in [-0.05, 0) is 6.42 Å². The number of nitrogens with zero attached hydrogens (tertiary/aromatic N) is 4. The van der Waals surface area contributed by atoms with Crippen molar-refractivity contribution < 1.29 is 25.7 Å². The molecule has 2 aromatic heterocycles. The van der Waals surface area contributed by atoms with Gasteiger partial charge in [0.05, 0.1) is 12.4 Å². The molecule has 5 N–H and O–H groups in total. The Morgan fingerprint density at radius 3 is 2.71 bits per heavy atom. The summed E-state index contributed by atoms with van der Waals surface area (Å²) in [6.07, 6.45) is 6.47. The third-order valence-electron chi connectivity index (χ3n) is 3.25. The summed E-state index contributed by atoms with van der Waals surface area (Å²) in [6.45, 7) is 1.15. The fourth-order valence-corrected chi connectivity index (χ4v) is 2.10. The van der Waals surface area contributed by atoms with Crippen molar-refractivity contribution >= 4 is 17.7 Å². The van der Waals surface area contributed by atoms with Gasteiger partial charge in [-0.1, -0.05) is 0 Å². The molecule has 1 amide bonds. The average molecular weight is 341 g/mol. The van der Waals surface area contributed by atoms with Crippen LogP contribution < -0.4 is 15.8 Å². The molecule has 0 bridgehead atoms. The normalized spacial score (nSPS) is 13.7. The molecule has 0 aliphatic carbocycles. The van der Waals surface area contributed by atoms with Gasteiger partial charge in [-0.2, -0.15) is 20.4 Å². The molecule has 0 aromatic carbocycles. The number of aromatic nitrogens is 4. The van der Waals surface area contributed by atoms with Crippen LogP contribution in [-0.2, 0) is 17.9 Å². The summed E-state index contributed by atoms with van der Waals surface area (Å²) in [5.41, 5.74) is 0. The van der Waals surface area contributed by atoms with Crippen molar-refractivity contribution in [3.8, 4) is 0 Å². The van der Waals surface area contributed by atoms with Crippen LogP contribution in [0.1, 0.15) is 12.8 Å². The van der Waals surface area contributed by atoms with Crippen molar-refractivity contribution in [2.75, 3.05) is 6.54 Å². The minimum absolute atomic E-state index is 0.0455. The van der Waals surface area contributed by atoms with Gasteiger partial charge < -0.3 is 20.3 Å². The van der Waals surface area contributed by atoms with Crippen molar-refractivity contribution in [3.63, 3.8) is 0 Å². The molecule has 2 unspecified atom stereocenters. The highest BCUT2D eigenvalue weighted by Gasteiger charge is 2.10. The molecule has 2 rings (SSSR count). The lowest BCUT2D eigenvalue weighted by Gasteiger charge is -2.12. The van der Waals surface area contributed by atoms with E-state index in [0.717, 1.165) is 0 Å². The number of hydrogen-bond donors (Lipinski definition) is 5. The SMILES string of the molecule is O=C(CCCn1ccnc1[NH+]([O-])O)NCCn1cnc([NH+]([O-])O)c1. The quantitative estimate of drug-likeness (QED) is 0.315. The van der Waals surface area contributed by atoms with Crippen molar-refractivity contribution in [1.82, 2.24) is 24.4 Å². The Hall–Kier alpha value is -2.35. The van der Waals surface area contributed by atoms with Crippen LogP contribution in [0.3, 0.4) is 0 Å². The predicted octanol–water partition coefficient (Wildman–Crippen LogP) is -2.52. The van der Waals surface area contributed by atoms with Crippen LogP contribution in [0.15, 0.2) is 24.9 Å².